The molecule has 1 saturated heterocycles. The molecule has 7 nitrogen and oxygen atoms in total. The molecule has 0 radical (unpaired) electrons. The van der Waals surface area contributed by atoms with E-state index in [0.29, 0.717) is 24.2 Å². The zero-order chi connectivity index (χ0) is 22.9. The highest BCUT2D eigenvalue weighted by atomic mass is 16.5. The van der Waals surface area contributed by atoms with Gasteiger partial charge in [0, 0.05) is 18.7 Å². The van der Waals surface area contributed by atoms with Gasteiger partial charge in [-0.05, 0) is 62.8 Å². The second-order valence-electron chi connectivity index (χ2n) is 8.03. The first-order valence-corrected chi connectivity index (χ1v) is 10.0. The molecule has 1 atom stereocenters. The highest BCUT2D eigenvalue weighted by Gasteiger charge is 2.46. The number of amides is 1. The lowest BCUT2D eigenvalue weighted by Crippen LogP contribution is -2.35. The van der Waals surface area contributed by atoms with E-state index < -0.39 is 17.7 Å². The molecule has 0 aromatic heterocycles. The number of likely N-dealkylation sites (N-methyl/N-ethyl adjacent to an activating group) is 1. The van der Waals surface area contributed by atoms with Crippen LogP contribution in [0, 0.1) is 13.8 Å². The Balaban J connectivity index is 2.18. The molecule has 1 aliphatic heterocycles. The summed E-state index contributed by atoms with van der Waals surface area (Å²) >= 11 is 0. The summed E-state index contributed by atoms with van der Waals surface area (Å²) in [5, 5.41) is 21.4. The summed E-state index contributed by atoms with van der Waals surface area (Å²) in [7, 11) is 5.19. The van der Waals surface area contributed by atoms with Gasteiger partial charge in [0.2, 0.25) is 0 Å². The van der Waals surface area contributed by atoms with Gasteiger partial charge in [0.25, 0.3) is 11.7 Å². The summed E-state index contributed by atoms with van der Waals surface area (Å²) < 4.78 is 5.11. The predicted octanol–water partition coefficient (Wildman–Crippen LogP) is 3.00. The first kappa shape index (κ1) is 22.4. The maximum Gasteiger partial charge on any atom is 0.295 e. The first-order valence-electron chi connectivity index (χ1n) is 10.0. The summed E-state index contributed by atoms with van der Waals surface area (Å²) in [6, 6.07) is 9.29. The van der Waals surface area contributed by atoms with Crippen LogP contribution in [0.25, 0.3) is 5.76 Å². The molecule has 1 heterocycles. The van der Waals surface area contributed by atoms with Crippen LogP contribution in [-0.4, -0.2) is 66.0 Å². The van der Waals surface area contributed by atoms with Crippen LogP contribution in [0.1, 0.15) is 28.3 Å². The van der Waals surface area contributed by atoms with Crippen molar-refractivity contribution < 1.29 is 24.5 Å². The number of phenols is 1. The van der Waals surface area contributed by atoms with E-state index in [9.17, 15) is 19.8 Å². The zero-order valence-corrected chi connectivity index (χ0v) is 18.5. The van der Waals surface area contributed by atoms with Gasteiger partial charge in [-0.25, -0.2) is 0 Å². The molecule has 0 aliphatic carbocycles. The molecule has 0 spiro atoms. The second-order valence-corrected chi connectivity index (χ2v) is 8.03. The molecule has 0 bridgehead atoms. The highest BCUT2D eigenvalue weighted by Crippen LogP contribution is 2.41. The summed E-state index contributed by atoms with van der Waals surface area (Å²) in [5.74, 6) is -1.47. The molecule has 1 aliphatic rings. The minimum atomic E-state index is -0.821. The number of carbonyl (C=O) groups excluding carboxylic acids is 2. The van der Waals surface area contributed by atoms with Crippen molar-refractivity contribution in [2.45, 2.75) is 19.9 Å². The monoisotopic (exact) mass is 424 g/mol. The SMILES string of the molecule is COc1ccc(C2/C(=C(/O)c3ccc(C)c(C)c3)C(=O)C(=O)N2CCN(C)C)cc1O. The van der Waals surface area contributed by atoms with Crippen molar-refractivity contribution in [3.8, 4) is 11.5 Å². The number of benzene rings is 2. The Kier molecular flexibility index (Phi) is 6.36. The molecule has 164 valence electrons. The molecule has 0 saturated carbocycles. The van der Waals surface area contributed by atoms with Crippen LogP contribution < -0.4 is 4.74 Å². The predicted molar refractivity (Wildman–Crippen MR) is 118 cm³/mol. The van der Waals surface area contributed by atoms with Crippen LogP contribution in [-0.2, 0) is 9.59 Å². The summed E-state index contributed by atoms with van der Waals surface area (Å²) in [6.45, 7) is 4.70. The number of phenolic OH excluding ortho intramolecular Hbond substituents is 1. The van der Waals surface area contributed by atoms with Crippen LogP contribution in [0.3, 0.4) is 0 Å². The third kappa shape index (κ3) is 4.27. The van der Waals surface area contributed by atoms with E-state index in [0.717, 1.165) is 11.1 Å². The molecular weight excluding hydrogens is 396 g/mol. The van der Waals surface area contributed by atoms with Crippen LogP contribution >= 0.6 is 0 Å². The number of aliphatic hydroxyl groups is 1. The number of nitrogens with zero attached hydrogens (tertiary/aromatic N) is 2. The minimum Gasteiger partial charge on any atom is -0.507 e. The Labute approximate surface area is 182 Å². The van der Waals surface area contributed by atoms with E-state index in [-0.39, 0.29) is 22.8 Å². The van der Waals surface area contributed by atoms with E-state index in [4.69, 9.17) is 4.74 Å². The van der Waals surface area contributed by atoms with Gasteiger partial charge in [-0.15, -0.1) is 0 Å². The van der Waals surface area contributed by atoms with Crippen LogP contribution in [0.15, 0.2) is 42.0 Å². The van der Waals surface area contributed by atoms with Crippen LogP contribution in [0.5, 0.6) is 11.5 Å². The minimum absolute atomic E-state index is 0.0107. The molecule has 31 heavy (non-hydrogen) atoms. The number of aliphatic hydroxyl groups excluding tert-OH is 1. The average Bonchev–Trinajstić information content (AvgIpc) is 2.98. The van der Waals surface area contributed by atoms with E-state index in [1.165, 1.54) is 18.1 Å². The van der Waals surface area contributed by atoms with Crippen molar-refractivity contribution >= 4 is 17.4 Å². The Morgan fingerprint density at radius 3 is 2.39 bits per heavy atom. The Hall–Kier alpha value is -3.32. The molecule has 1 fully saturated rings. The number of hydrogen-bond acceptors (Lipinski definition) is 6. The van der Waals surface area contributed by atoms with Gasteiger partial charge in [-0.1, -0.05) is 18.2 Å². The van der Waals surface area contributed by atoms with Crippen molar-refractivity contribution in [2.24, 2.45) is 0 Å². The first-order chi connectivity index (χ1) is 14.6. The average molecular weight is 424 g/mol. The standard InChI is InChI=1S/C24H28N2O5/c1-14-6-7-17(12-15(14)2)22(28)20-21(16-8-9-19(31-5)18(27)13-16)26(11-10-25(3)4)24(30)23(20)29/h6-9,12-13,21,27-28H,10-11H2,1-5H3/b22-20-. The smallest absolute Gasteiger partial charge is 0.295 e. The van der Waals surface area contributed by atoms with Crippen molar-refractivity contribution in [3.05, 3.63) is 64.2 Å². The third-order valence-electron chi connectivity index (χ3n) is 5.63. The number of aryl methyl sites for hydroxylation is 2. The lowest BCUT2D eigenvalue weighted by Gasteiger charge is -2.27. The Morgan fingerprint density at radius 2 is 1.81 bits per heavy atom. The number of aromatic hydroxyl groups is 1. The van der Waals surface area contributed by atoms with Crippen LogP contribution in [0.2, 0.25) is 0 Å². The number of ketones is 1. The normalized spacial score (nSPS) is 18.1. The van der Waals surface area contributed by atoms with Crippen molar-refractivity contribution in [3.63, 3.8) is 0 Å². The molecule has 1 unspecified atom stereocenters. The van der Waals surface area contributed by atoms with Crippen molar-refractivity contribution in [2.75, 3.05) is 34.3 Å². The van der Waals surface area contributed by atoms with Crippen molar-refractivity contribution in [1.29, 1.82) is 0 Å². The van der Waals surface area contributed by atoms with Gasteiger partial charge in [0.15, 0.2) is 11.5 Å². The fraction of sp³-hybridized carbons (Fsp3) is 0.333. The van der Waals surface area contributed by atoms with Gasteiger partial charge in [-0.3, -0.25) is 9.59 Å². The van der Waals surface area contributed by atoms with Gasteiger partial charge >= 0.3 is 0 Å². The van der Waals surface area contributed by atoms with E-state index >= 15 is 0 Å². The van der Waals surface area contributed by atoms with E-state index in [1.807, 2.05) is 38.9 Å². The molecule has 3 rings (SSSR count). The summed E-state index contributed by atoms with van der Waals surface area (Å²) in [5.41, 5.74) is 3.01. The number of methoxy groups -OCH3 is 1. The molecule has 1 amide bonds. The summed E-state index contributed by atoms with van der Waals surface area (Å²) in [6.07, 6.45) is 0. The molecule has 7 heteroatoms. The summed E-state index contributed by atoms with van der Waals surface area (Å²) in [4.78, 5) is 29.3. The lowest BCUT2D eigenvalue weighted by atomic mass is 9.94. The molecule has 2 N–H and O–H groups in total. The zero-order valence-electron chi connectivity index (χ0n) is 18.5. The number of ether oxygens (including phenoxy) is 1. The quantitative estimate of drug-likeness (QED) is 0.421. The van der Waals surface area contributed by atoms with E-state index in [1.54, 1.807) is 24.3 Å². The topological polar surface area (TPSA) is 90.3 Å². The van der Waals surface area contributed by atoms with Crippen molar-refractivity contribution in [1.82, 2.24) is 9.80 Å². The maximum absolute atomic E-state index is 13.0. The molecule has 2 aromatic rings. The number of carbonyl (C=O) groups is 2. The van der Waals surface area contributed by atoms with Gasteiger partial charge in [0.1, 0.15) is 5.76 Å². The maximum atomic E-state index is 13.0. The lowest BCUT2D eigenvalue weighted by molar-refractivity contribution is -0.140. The van der Waals surface area contributed by atoms with Gasteiger partial charge in [-0.2, -0.15) is 0 Å². The largest absolute Gasteiger partial charge is 0.507 e. The molecular formula is C24H28N2O5. The fourth-order valence-electron chi connectivity index (χ4n) is 3.69. The van der Waals surface area contributed by atoms with E-state index in [2.05, 4.69) is 0 Å². The fourth-order valence-corrected chi connectivity index (χ4v) is 3.69. The second kappa shape index (κ2) is 8.81. The van der Waals surface area contributed by atoms with Gasteiger partial charge < -0.3 is 24.7 Å². The number of rotatable bonds is 6. The number of likely N-dealkylation sites (tertiary alicyclic amines) is 1. The highest BCUT2D eigenvalue weighted by molar-refractivity contribution is 6.46. The van der Waals surface area contributed by atoms with Crippen LogP contribution in [0.4, 0.5) is 0 Å². The number of Topliss-reactive ketones (excluding diaryl/α,β-unsaturated/α-hetero) is 1. The molecule has 2 aromatic carbocycles. The Morgan fingerprint density at radius 1 is 1.10 bits per heavy atom. The Bertz CT molecular complexity index is 1060. The number of hydrogen-bond donors (Lipinski definition) is 2. The third-order valence-corrected chi connectivity index (χ3v) is 5.63. The van der Waals surface area contributed by atoms with Gasteiger partial charge in [0.05, 0.1) is 18.7 Å².